The SMILES string of the molecule is Cc1cc(C)cc(N2C[C@H](C(=O)NCCCN3CCOCC3)CC2=O)c1. The number of ether oxygens (including phenoxy) is 1. The molecule has 2 aliphatic rings. The van der Waals surface area contributed by atoms with E-state index in [2.05, 4.69) is 16.3 Å². The standard InChI is InChI=1S/C20H29N3O3/c1-15-10-16(2)12-18(11-15)23-14-17(13-19(23)24)20(25)21-4-3-5-22-6-8-26-9-7-22/h10-12,17H,3-9,13-14H2,1-2H3,(H,21,25)/t17-/m1/s1. The van der Waals surface area contributed by atoms with Crippen molar-refractivity contribution in [1.29, 1.82) is 0 Å². The Bertz CT molecular complexity index is 635. The van der Waals surface area contributed by atoms with Crippen molar-refractivity contribution in [3.05, 3.63) is 29.3 Å². The van der Waals surface area contributed by atoms with Crippen LogP contribution >= 0.6 is 0 Å². The number of anilines is 1. The van der Waals surface area contributed by atoms with Crippen molar-refractivity contribution in [1.82, 2.24) is 10.2 Å². The van der Waals surface area contributed by atoms with Gasteiger partial charge >= 0.3 is 0 Å². The van der Waals surface area contributed by atoms with Crippen LogP contribution in [0.4, 0.5) is 5.69 Å². The Morgan fingerprint density at radius 3 is 2.58 bits per heavy atom. The zero-order valence-electron chi connectivity index (χ0n) is 15.8. The maximum Gasteiger partial charge on any atom is 0.227 e. The van der Waals surface area contributed by atoms with Gasteiger partial charge in [0.2, 0.25) is 11.8 Å². The molecule has 2 fully saturated rings. The van der Waals surface area contributed by atoms with Crippen molar-refractivity contribution in [2.75, 3.05) is 50.8 Å². The third-order valence-electron chi connectivity index (χ3n) is 5.07. The van der Waals surface area contributed by atoms with E-state index in [4.69, 9.17) is 4.74 Å². The molecule has 0 aliphatic carbocycles. The van der Waals surface area contributed by atoms with E-state index < -0.39 is 0 Å². The number of morpholine rings is 1. The lowest BCUT2D eigenvalue weighted by Crippen LogP contribution is -2.39. The van der Waals surface area contributed by atoms with Gasteiger partial charge in [-0.1, -0.05) is 6.07 Å². The molecule has 0 radical (unpaired) electrons. The number of aryl methyl sites for hydroxylation is 2. The lowest BCUT2D eigenvalue weighted by Gasteiger charge is -2.26. The molecule has 2 heterocycles. The average molecular weight is 359 g/mol. The Morgan fingerprint density at radius 1 is 1.19 bits per heavy atom. The van der Waals surface area contributed by atoms with Gasteiger partial charge in [0.15, 0.2) is 0 Å². The van der Waals surface area contributed by atoms with Gasteiger partial charge in [-0.15, -0.1) is 0 Å². The molecular formula is C20H29N3O3. The molecule has 0 aromatic heterocycles. The molecular weight excluding hydrogens is 330 g/mol. The first-order chi connectivity index (χ1) is 12.5. The number of amides is 2. The quantitative estimate of drug-likeness (QED) is 0.782. The summed E-state index contributed by atoms with van der Waals surface area (Å²) < 4.78 is 5.34. The molecule has 2 saturated heterocycles. The molecule has 0 spiro atoms. The van der Waals surface area contributed by atoms with Gasteiger partial charge in [0.25, 0.3) is 0 Å². The summed E-state index contributed by atoms with van der Waals surface area (Å²) in [6.45, 7) is 9.68. The Labute approximate surface area is 155 Å². The number of carbonyl (C=O) groups excluding carboxylic acids is 2. The summed E-state index contributed by atoms with van der Waals surface area (Å²) in [5.41, 5.74) is 3.16. The summed E-state index contributed by atoms with van der Waals surface area (Å²) >= 11 is 0. The monoisotopic (exact) mass is 359 g/mol. The smallest absolute Gasteiger partial charge is 0.227 e. The highest BCUT2D eigenvalue weighted by molar-refractivity contribution is 6.00. The molecule has 2 aliphatic heterocycles. The number of nitrogens with one attached hydrogen (secondary N) is 1. The van der Waals surface area contributed by atoms with Crippen LogP contribution in [0, 0.1) is 19.8 Å². The second-order valence-corrected chi connectivity index (χ2v) is 7.35. The first-order valence-corrected chi connectivity index (χ1v) is 9.49. The third kappa shape index (κ3) is 4.83. The highest BCUT2D eigenvalue weighted by Crippen LogP contribution is 2.27. The highest BCUT2D eigenvalue weighted by atomic mass is 16.5. The number of benzene rings is 1. The normalized spacial score (nSPS) is 21.2. The number of hydrogen-bond donors (Lipinski definition) is 1. The van der Waals surface area contributed by atoms with Gasteiger partial charge in [-0.3, -0.25) is 14.5 Å². The molecule has 26 heavy (non-hydrogen) atoms. The lowest BCUT2D eigenvalue weighted by molar-refractivity contribution is -0.126. The van der Waals surface area contributed by atoms with E-state index in [1.54, 1.807) is 4.90 Å². The summed E-state index contributed by atoms with van der Waals surface area (Å²) in [6.07, 6.45) is 1.22. The fourth-order valence-corrected chi connectivity index (χ4v) is 3.72. The van der Waals surface area contributed by atoms with Crippen molar-refractivity contribution < 1.29 is 14.3 Å². The van der Waals surface area contributed by atoms with E-state index in [1.807, 2.05) is 26.0 Å². The molecule has 1 N–H and O–H groups in total. The minimum atomic E-state index is -0.258. The van der Waals surface area contributed by atoms with Gasteiger partial charge in [0.05, 0.1) is 19.1 Å². The molecule has 1 aromatic carbocycles. The second-order valence-electron chi connectivity index (χ2n) is 7.35. The molecule has 3 rings (SSSR count). The van der Waals surface area contributed by atoms with Gasteiger partial charge in [0, 0.05) is 38.3 Å². The van der Waals surface area contributed by atoms with Gasteiger partial charge in [0.1, 0.15) is 0 Å². The highest BCUT2D eigenvalue weighted by Gasteiger charge is 2.35. The zero-order valence-corrected chi connectivity index (χ0v) is 15.8. The number of rotatable bonds is 6. The largest absolute Gasteiger partial charge is 0.379 e. The summed E-state index contributed by atoms with van der Waals surface area (Å²) in [4.78, 5) is 28.9. The van der Waals surface area contributed by atoms with Crippen molar-refractivity contribution in [2.24, 2.45) is 5.92 Å². The van der Waals surface area contributed by atoms with Gasteiger partial charge < -0.3 is 15.0 Å². The minimum Gasteiger partial charge on any atom is -0.379 e. The fraction of sp³-hybridized carbons (Fsp3) is 0.600. The van der Waals surface area contributed by atoms with Crippen molar-refractivity contribution in [3.8, 4) is 0 Å². The number of hydrogen-bond acceptors (Lipinski definition) is 4. The maximum absolute atomic E-state index is 12.4. The van der Waals surface area contributed by atoms with Crippen molar-refractivity contribution >= 4 is 17.5 Å². The summed E-state index contributed by atoms with van der Waals surface area (Å²) in [6, 6.07) is 6.10. The van der Waals surface area contributed by atoms with Crippen LogP contribution < -0.4 is 10.2 Å². The van der Waals surface area contributed by atoms with E-state index in [0.717, 1.165) is 56.1 Å². The Balaban J connectivity index is 1.46. The van der Waals surface area contributed by atoms with Crippen LogP contribution in [0.3, 0.4) is 0 Å². The predicted octanol–water partition coefficient (Wildman–Crippen LogP) is 1.49. The number of carbonyl (C=O) groups is 2. The molecule has 0 unspecified atom stereocenters. The predicted molar refractivity (Wildman–Crippen MR) is 101 cm³/mol. The molecule has 142 valence electrons. The summed E-state index contributed by atoms with van der Waals surface area (Å²) in [5.74, 6) is -0.234. The Morgan fingerprint density at radius 2 is 1.88 bits per heavy atom. The van der Waals surface area contributed by atoms with Crippen LogP contribution in [0.15, 0.2) is 18.2 Å². The average Bonchev–Trinajstić information content (AvgIpc) is 3.00. The Kier molecular flexibility index (Phi) is 6.27. The minimum absolute atomic E-state index is 0.00722. The molecule has 0 saturated carbocycles. The molecule has 6 nitrogen and oxygen atoms in total. The molecule has 6 heteroatoms. The molecule has 1 atom stereocenters. The van der Waals surface area contributed by atoms with Crippen LogP contribution in [0.5, 0.6) is 0 Å². The fourth-order valence-electron chi connectivity index (χ4n) is 3.72. The molecule has 1 aromatic rings. The van der Waals surface area contributed by atoms with Crippen LogP contribution in [-0.2, 0) is 14.3 Å². The van der Waals surface area contributed by atoms with Crippen LogP contribution in [0.25, 0.3) is 0 Å². The topological polar surface area (TPSA) is 61.9 Å². The van der Waals surface area contributed by atoms with E-state index in [9.17, 15) is 9.59 Å². The number of nitrogens with zero attached hydrogens (tertiary/aromatic N) is 2. The second kappa shape index (κ2) is 8.64. The third-order valence-corrected chi connectivity index (χ3v) is 5.07. The van der Waals surface area contributed by atoms with Crippen LogP contribution in [0.2, 0.25) is 0 Å². The van der Waals surface area contributed by atoms with E-state index >= 15 is 0 Å². The Hall–Kier alpha value is -1.92. The summed E-state index contributed by atoms with van der Waals surface area (Å²) in [7, 11) is 0. The first kappa shape index (κ1) is 18.9. The zero-order chi connectivity index (χ0) is 18.5. The van der Waals surface area contributed by atoms with E-state index in [1.165, 1.54) is 0 Å². The van der Waals surface area contributed by atoms with Crippen LogP contribution in [0.1, 0.15) is 24.0 Å². The van der Waals surface area contributed by atoms with Crippen molar-refractivity contribution in [3.63, 3.8) is 0 Å². The summed E-state index contributed by atoms with van der Waals surface area (Å²) in [5, 5.41) is 3.00. The maximum atomic E-state index is 12.4. The molecule has 0 bridgehead atoms. The van der Waals surface area contributed by atoms with E-state index in [-0.39, 0.29) is 17.7 Å². The lowest BCUT2D eigenvalue weighted by atomic mass is 10.1. The van der Waals surface area contributed by atoms with E-state index in [0.29, 0.717) is 19.5 Å². The van der Waals surface area contributed by atoms with Crippen LogP contribution in [-0.4, -0.2) is 62.7 Å². The first-order valence-electron chi connectivity index (χ1n) is 9.49. The van der Waals surface area contributed by atoms with Gasteiger partial charge in [-0.2, -0.15) is 0 Å². The van der Waals surface area contributed by atoms with Crippen molar-refractivity contribution in [2.45, 2.75) is 26.7 Å². The van der Waals surface area contributed by atoms with Gasteiger partial charge in [-0.25, -0.2) is 0 Å². The molecule has 2 amide bonds. The van der Waals surface area contributed by atoms with Gasteiger partial charge in [-0.05, 0) is 50.1 Å².